The summed E-state index contributed by atoms with van der Waals surface area (Å²) < 4.78 is 46.0. The summed E-state index contributed by atoms with van der Waals surface area (Å²) in [6, 6.07) is 13.7. The molecule has 0 aliphatic carbocycles. The highest BCUT2D eigenvalue weighted by Gasteiger charge is 2.30. The van der Waals surface area contributed by atoms with Gasteiger partial charge in [0.1, 0.15) is 0 Å². The number of carbonyl (C=O) groups is 1. The minimum atomic E-state index is -4.45. The van der Waals surface area contributed by atoms with E-state index in [1.165, 1.54) is 6.07 Å². The van der Waals surface area contributed by atoms with Gasteiger partial charge < -0.3 is 14.5 Å². The number of esters is 1. The SMILES string of the molecule is CCOC(=O)c1ccc(Nc2nc3cc(C(F)(F)F)ccc3n3cccc23)cc1. The number of halogens is 3. The highest BCUT2D eigenvalue weighted by Crippen LogP contribution is 2.32. The minimum Gasteiger partial charge on any atom is -0.462 e. The molecule has 4 aromatic rings. The summed E-state index contributed by atoms with van der Waals surface area (Å²) in [4.78, 5) is 16.2. The number of nitrogens with zero attached hydrogens (tertiary/aromatic N) is 2. The van der Waals surface area contributed by atoms with Crippen molar-refractivity contribution in [2.75, 3.05) is 11.9 Å². The van der Waals surface area contributed by atoms with Crippen molar-refractivity contribution in [3.63, 3.8) is 0 Å². The normalized spacial score (nSPS) is 11.7. The molecule has 0 aliphatic heterocycles. The van der Waals surface area contributed by atoms with Gasteiger partial charge in [-0.15, -0.1) is 0 Å². The van der Waals surface area contributed by atoms with Gasteiger partial charge in [0.05, 0.1) is 34.3 Å². The fourth-order valence-corrected chi connectivity index (χ4v) is 3.09. The molecule has 0 unspecified atom stereocenters. The summed E-state index contributed by atoms with van der Waals surface area (Å²) in [6.45, 7) is 2.01. The van der Waals surface area contributed by atoms with Crippen molar-refractivity contribution >= 4 is 34.0 Å². The zero-order chi connectivity index (χ0) is 20.6. The second kappa shape index (κ2) is 7.12. The predicted molar refractivity (Wildman–Crippen MR) is 103 cm³/mol. The number of hydrogen-bond acceptors (Lipinski definition) is 4. The first-order valence-electron chi connectivity index (χ1n) is 8.89. The fourth-order valence-electron chi connectivity index (χ4n) is 3.09. The van der Waals surface area contributed by atoms with Gasteiger partial charge in [-0.1, -0.05) is 0 Å². The van der Waals surface area contributed by atoms with Crippen molar-refractivity contribution in [2.24, 2.45) is 0 Å². The smallest absolute Gasteiger partial charge is 0.416 e. The molecule has 0 aliphatic rings. The molecule has 0 radical (unpaired) electrons. The van der Waals surface area contributed by atoms with E-state index < -0.39 is 17.7 Å². The molecular formula is C21H16F3N3O2. The van der Waals surface area contributed by atoms with Crippen LogP contribution in [0, 0.1) is 0 Å². The highest BCUT2D eigenvalue weighted by molar-refractivity contribution is 5.90. The molecule has 2 aromatic heterocycles. The molecule has 8 heteroatoms. The van der Waals surface area contributed by atoms with Crippen LogP contribution in [-0.4, -0.2) is 22.0 Å². The van der Waals surface area contributed by atoms with Gasteiger partial charge in [0, 0.05) is 11.9 Å². The second-order valence-corrected chi connectivity index (χ2v) is 6.35. The summed E-state index contributed by atoms with van der Waals surface area (Å²) in [7, 11) is 0. The average Bonchev–Trinajstić information content (AvgIpc) is 3.18. The van der Waals surface area contributed by atoms with Gasteiger partial charge in [-0.05, 0) is 61.5 Å². The molecule has 2 aromatic carbocycles. The molecule has 0 bridgehead atoms. The van der Waals surface area contributed by atoms with Crippen molar-refractivity contribution in [3.05, 3.63) is 71.9 Å². The Bertz CT molecular complexity index is 1200. The molecular weight excluding hydrogens is 383 g/mol. The first-order valence-corrected chi connectivity index (χ1v) is 8.89. The lowest BCUT2D eigenvalue weighted by Gasteiger charge is -2.13. The molecule has 0 saturated heterocycles. The summed E-state index contributed by atoms with van der Waals surface area (Å²) in [6.07, 6.45) is -2.68. The number of fused-ring (bicyclic) bond motifs is 3. The molecule has 0 spiro atoms. The van der Waals surface area contributed by atoms with Crippen LogP contribution in [0.2, 0.25) is 0 Å². The molecule has 29 heavy (non-hydrogen) atoms. The van der Waals surface area contributed by atoms with Crippen LogP contribution in [0.5, 0.6) is 0 Å². The molecule has 5 nitrogen and oxygen atoms in total. The first-order chi connectivity index (χ1) is 13.9. The third-order valence-corrected chi connectivity index (χ3v) is 4.44. The van der Waals surface area contributed by atoms with Crippen molar-refractivity contribution in [1.29, 1.82) is 0 Å². The van der Waals surface area contributed by atoms with Crippen molar-refractivity contribution < 1.29 is 22.7 Å². The fraction of sp³-hybridized carbons (Fsp3) is 0.143. The van der Waals surface area contributed by atoms with Crippen LogP contribution in [0.4, 0.5) is 24.7 Å². The predicted octanol–water partition coefficient (Wildman–Crippen LogP) is 5.43. The van der Waals surface area contributed by atoms with E-state index in [0.29, 0.717) is 28.1 Å². The summed E-state index contributed by atoms with van der Waals surface area (Å²) in [5.74, 6) is -0.0118. The molecule has 148 valence electrons. The van der Waals surface area contributed by atoms with E-state index in [4.69, 9.17) is 4.74 Å². The molecule has 4 rings (SSSR count). The van der Waals surface area contributed by atoms with Crippen LogP contribution < -0.4 is 5.32 Å². The van der Waals surface area contributed by atoms with Crippen LogP contribution in [0.15, 0.2) is 60.8 Å². The van der Waals surface area contributed by atoms with Gasteiger partial charge in [0.2, 0.25) is 0 Å². The molecule has 0 amide bonds. The Kier molecular flexibility index (Phi) is 4.62. The van der Waals surface area contributed by atoms with E-state index in [0.717, 1.165) is 12.1 Å². The lowest BCUT2D eigenvalue weighted by molar-refractivity contribution is -0.137. The third kappa shape index (κ3) is 3.61. The Labute approximate surface area is 163 Å². The van der Waals surface area contributed by atoms with E-state index in [9.17, 15) is 18.0 Å². The van der Waals surface area contributed by atoms with Crippen LogP contribution in [0.25, 0.3) is 16.6 Å². The van der Waals surface area contributed by atoms with Gasteiger partial charge in [-0.2, -0.15) is 13.2 Å². The standard InChI is InChI=1S/C21H16F3N3O2/c1-2-29-20(28)13-5-8-15(9-6-13)25-19-18-4-3-11-27(18)17-10-7-14(21(22,23)24)12-16(17)26-19/h3-12H,2H2,1H3,(H,25,26). The number of carbonyl (C=O) groups excluding carboxylic acids is 1. The zero-order valence-corrected chi connectivity index (χ0v) is 15.3. The topological polar surface area (TPSA) is 55.6 Å². The minimum absolute atomic E-state index is 0.217. The summed E-state index contributed by atoms with van der Waals surface area (Å²) in [5.41, 5.74) is 1.79. The Morgan fingerprint density at radius 1 is 1.10 bits per heavy atom. The number of hydrogen-bond donors (Lipinski definition) is 1. The highest BCUT2D eigenvalue weighted by atomic mass is 19.4. The van der Waals surface area contributed by atoms with Crippen molar-refractivity contribution in [2.45, 2.75) is 13.1 Å². The van der Waals surface area contributed by atoms with Crippen molar-refractivity contribution in [3.8, 4) is 0 Å². The monoisotopic (exact) mass is 399 g/mol. The molecule has 1 N–H and O–H groups in total. The molecule has 0 saturated carbocycles. The van der Waals surface area contributed by atoms with E-state index >= 15 is 0 Å². The van der Waals surface area contributed by atoms with E-state index in [1.807, 2.05) is 6.07 Å². The van der Waals surface area contributed by atoms with Crippen LogP contribution in [0.1, 0.15) is 22.8 Å². The maximum absolute atomic E-state index is 13.1. The zero-order valence-electron chi connectivity index (χ0n) is 15.3. The molecule has 0 fully saturated rings. The Morgan fingerprint density at radius 3 is 2.55 bits per heavy atom. The van der Waals surface area contributed by atoms with E-state index in [2.05, 4.69) is 10.3 Å². The molecule has 0 atom stereocenters. The van der Waals surface area contributed by atoms with Gasteiger partial charge >= 0.3 is 12.1 Å². The van der Waals surface area contributed by atoms with E-state index in [-0.39, 0.29) is 12.1 Å². The maximum atomic E-state index is 13.1. The van der Waals surface area contributed by atoms with Gasteiger partial charge in [0.25, 0.3) is 0 Å². The van der Waals surface area contributed by atoms with E-state index in [1.54, 1.807) is 47.9 Å². The lowest BCUT2D eigenvalue weighted by Crippen LogP contribution is -2.06. The average molecular weight is 399 g/mol. The number of anilines is 2. The number of ether oxygens (including phenoxy) is 1. The van der Waals surface area contributed by atoms with Crippen LogP contribution in [0.3, 0.4) is 0 Å². The van der Waals surface area contributed by atoms with Gasteiger partial charge in [0.15, 0.2) is 5.82 Å². The maximum Gasteiger partial charge on any atom is 0.416 e. The molecule has 2 heterocycles. The third-order valence-electron chi connectivity index (χ3n) is 4.44. The second-order valence-electron chi connectivity index (χ2n) is 6.35. The van der Waals surface area contributed by atoms with Crippen LogP contribution in [-0.2, 0) is 10.9 Å². The quantitative estimate of drug-likeness (QED) is 0.465. The van der Waals surface area contributed by atoms with Gasteiger partial charge in [-0.25, -0.2) is 9.78 Å². The number of alkyl halides is 3. The number of nitrogens with one attached hydrogen (secondary N) is 1. The Balaban J connectivity index is 1.74. The number of benzene rings is 2. The largest absolute Gasteiger partial charge is 0.462 e. The van der Waals surface area contributed by atoms with Gasteiger partial charge in [-0.3, -0.25) is 0 Å². The Hall–Kier alpha value is -3.55. The lowest BCUT2D eigenvalue weighted by atomic mass is 10.2. The summed E-state index contributed by atoms with van der Waals surface area (Å²) >= 11 is 0. The van der Waals surface area contributed by atoms with Crippen LogP contribution >= 0.6 is 0 Å². The number of rotatable bonds is 4. The first kappa shape index (κ1) is 18.8. The summed E-state index contributed by atoms with van der Waals surface area (Å²) in [5, 5.41) is 3.12. The number of aromatic nitrogens is 2. The Morgan fingerprint density at radius 2 is 1.86 bits per heavy atom. The van der Waals surface area contributed by atoms with Crippen molar-refractivity contribution in [1.82, 2.24) is 9.38 Å².